The lowest BCUT2D eigenvalue weighted by Crippen LogP contribution is -2.40. The van der Waals surface area contributed by atoms with Crippen molar-refractivity contribution >= 4 is 5.91 Å². The predicted octanol–water partition coefficient (Wildman–Crippen LogP) is 1.87. The quantitative estimate of drug-likeness (QED) is 0.794. The molecular weight excluding hydrogens is 249 g/mol. The van der Waals surface area contributed by atoms with Gasteiger partial charge in [0.1, 0.15) is 0 Å². The fourth-order valence-corrected chi connectivity index (χ4v) is 1.32. The number of hydrogen-bond donors (Lipinski definition) is 2. The van der Waals surface area contributed by atoms with E-state index in [1.165, 1.54) is 12.1 Å². The Hall–Kier alpha value is -1.62. The van der Waals surface area contributed by atoms with Gasteiger partial charge in [-0.2, -0.15) is 0 Å². The number of amides is 1. The summed E-state index contributed by atoms with van der Waals surface area (Å²) in [5.41, 5.74) is -0.901. The first kappa shape index (κ1) is 15.4. The van der Waals surface area contributed by atoms with Crippen LogP contribution in [0.1, 0.15) is 26.7 Å². The number of para-hydroxylation sites is 1. The molecule has 5 heteroatoms. The van der Waals surface area contributed by atoms with E-state index >= 15 is 0 Å². The van der Waals surface area contributed by atoms with Crippen LogP contribution in [0.5, 0.6) is 5.75 Å². The Morgan fingerprint density at radius 1 is 1.47 bits per heavy atom. The van der Waals surface area contributed by atoms with E-state index in [1.807, 2.05) is 6.92 Å². The molecule has 4 nitrogen and oxygen atoms in total. The zero-order valence-corrected chi connectivity index (χ0v) is 11.3. The maximum absolute atomic E-state index is 13.2. The van der Waals surface area contributed by atoms with Crippen LogP contribution < -0.4 is 10.1 Å². The normalized spacial score (nSPS) is 13.7. The molecule has 1 aromatic carbocycles. The van der Waals surface area contributed by atoms with E-state index in [-0.39, 0.29) is 31.2 Å². The summed E-state index contributed by atoms with van der Waals surface area (Å²) in [5, 5.41) is 12.3. The zero-order valence-electron chi connectivity index (χ0n) is 11.3. The van der Waals surface area contributed by atoms with E-state index in [9.17, 15) is 14.3 Å². The number of carbonyl (C=O) groups is 1. The number of benzene rings is 1. The maximum atomic E-state index is 13.2. The van der Waals surface area contributed by atoms with Gasteiger partial charge in [-0.1, -0.05) is 19.1 Å². The second-order valence-electron chi connectivity index (χ2n) is 4.66. The molecule has 0 saturated heterocycles. The van der Waals surface area contributed by atoms with Crippen molar-refractivity contribution in [1.29, 1.82) is 0 Å². The number of aliphatic hydroxyl groups is 1. The van der Waals surface area contributed by atoms with Crippen LogP contribution in [-0.2, 0) is 4.79 Å². The molecule has 0 aliphatic heterocycles. The first-order valence-electron chi connectivity index (χ1n) is 6.31. The van der Waals surface area contributed by atoms with Gasteiger partial charge in [-0.3, -0.25) is 4.79 Å². The molecule has 106 valence electrons. The molecule has 0 heterocycles. The second-order valence-corrected chi connectivity index (χ2v) is 4.66. The van der Waals surface area contributed by atoms with Crippen LogP contribution in [0.3, 0.4) is 0 Å². The van der Waals surface area contributed by atoms with Crippen LogP contribution in [0.15, 0.2) is 24.3 Å². The number of ether oxygens (including phenoxy) is 1. The highest BCUT2D eigenvalue weighted by Crippen LogP contribution is 2.15. The number of halogens is 1. The number of carbonyl (C=O) groups excluding carboxylic acids is 1. The molecule has 1 amide bonds. The van der Waals surface area contributed by atoms with E-state index in [0.717, 1.165) is 0 Å². The van der Waals surface area contributed by atoms with E-state index in [2.05, 4.69) is 5.32 Å². The SMILES string of the molecule is CCC(C)(O)CNC(=O)CCOc1ccccc1F. The van der Waals surface area contributed by atoms with Crippen molar-refractivity contribution in [3.05, 3.63) is 30.1 Å². The molecule has 0 spiro atoms. The Morgan fingerprint density at radius 3 is 2.79 bits per heavy atom. The summed E-state index contributed by atoms with van der Waals surface area (Å²) in [7, 11) is 0. The monoisotopic (exact) mass is 269 g/mol. The third-order valence-electron chi connectivity index (χ3n) is 2.85. The summed E-state index contributed by atoms with van der Waals surface area (Å²) in [6.45, 7) is 3.79. The average molecular weight is 269 g/mol. The highest BCUT2D eigenvalue weighted by atomic mass is 19.1. The summed E-state index contributed by atoms with van der Waals surface area (Å²) in [5.74, 6) is -0.544. The molecule has 0 radical (unpaired) electrons. The lowest BCUT2D eigenvalue weighted by Gasteiger charge is -2.21. The van der Waals surface area contributed by atoms with E-state index in [1.54, 1.807) is 19.1 Å². The van der Waals surface area contributed by atoms with Gasteiger partial charge in [0.15, 0.2) is 11.6 Å². The minimum atomic E-state index is -0.901. The van der Waals surface area contributed by atoms with Crippen LogP contribution >= 0.6 is 0 Å². The van der Waals surface area contributed by atoms with Crippen molar-refractivity contribution in [3.63, 3.8) is 0 Å². The van der Waals surface area contributed by atoms with Crippen molar-refractivity contribution < 1.29 is 19.0 Å². The molecule has 0 fully saturated rings. The van der Waals surface area contributed by atoms with Crippen LogP contribution in [-0.4, -0.2) is 29.8 Å². The van der Waals surface area contributed by atoms with Crippen molar-refractivity contribution in [2.45, 2.75) is 32.3 Å². The van der Waals surface area contributed by atoms with Gasteiger partial charge in [0, 0.05) is 6.54 Å². The van der Waals surface area contributed by atoms with Gasteiger partial charge in [-0.15, -0.1) is 0 Å². The van der Waals surface area contributed by atoms with Crippen LogP contribution in [0.25, 0.3) is 0 Å². The molecule has 1 unspecified atom stereocenters. The van der Waals surface area contributed by atoms with Gasteiger partial charge in [-0.05, 0) is 25.5 Å². The number of hydrogen-bond acceptors (Lipinski definition) is 3. The topological polar surface area (TPSA) is 58.6 Å². The zero-order chi connectivity index (χ0) is 14.3. The highest BCUT2D eigenvalue weighted by Gasteiger charge is 2.18. The molecule has 2 N–H and O–H groups in total. The molecular formula is C14H20FNO3. The summed E-state index contributed by atoms with van der Waals surface area (Å²) in [6, 6.07) is 6.04. The molecule has 0 aliphatic carbocycles. The molecule has 0 aliphatic rings. The Kier molecular flexibility index (Phi) is 5.76. The highest BCUT2D eigenvalue weighted by molar-refractivity contribution is 5.76. The Morgan fingerprint density at radius 2 is 2.16 bits per heavy atom. The van der Waals surface area contributed by atoms with Crippen molar-refractivity contribution in [2.75, 3.05) is 13.2 Å². The molecule has 0 aromatic heterocycles. The van der Waals surface area contributed by atoms with Crippen molar-refractivity contribution in [3.8, 4) is 5.75 Å². The molecule has 0 saturated carbocycles. The summed E-state index contributed by atoms with van der Waals surface area (Å²) < 4.78 is 18.4. The average Bonchev–Trinajstić information content (AvgIpc) is 2.39. The predicted molar refractivity (Wildman–Crippen MR) is 70.4 cm³/mol. The van der Waals surface area contributed by atoms with Gasteiger partial charge >= 0.3 is 0 Å². The third-order valence-corrected chi connectivity index (χ3v) is 2.85. The standard InChI is InChI=1S/C14H20FNO3/c1-3-14(2,18)10-16-13(17)8-9-19-12-7-5-4-6-11(12)15/h4-7,18H,3,8-10H2,1-2H3,(H,16,17). The molecule has 1 atom stereocenters. The lowest BCUT2D eigenvalue weighted by atomic mass is 10.0. The smallest absolute Gasteiger partial charge is 0.223 e. The lowest BCUT2D eigenvalue weighted by molar-refractivity contribution is -0.122. The number of nitrogens with one attached hydrogen (secondary N) is 1. The molecule has 19 heavy (non-hydrogen) atoms. The summed E-state index contributed by atoms with van der Waals surface area (Å²) in [6.07, 6.45) is 0.674. The van der Waals surface area contributed by atoms with Gasteiger partial charge in [0.05, 0.1) is 18.6 Å². The Labute approximate surface area is 112 Å². The van der Waals surface area contributed by atoms with E-state index < -0.39 is 11.4 Å². The van der Waals surface area contributed by atoms with E-state index in [0.29, 0.717) is 6.42 Å². The maximum Gasteiger partial charge on any atom is 0.223 e. The molecule has 0 bridgehead atoms. The fourth-order valence-electron chi connectivity index (χ4n) is 1.32. The fraction of sp³-hybridized carbons (Fsp3) is 0.500. The van der Waals surface area contributed by atoms with Crippen LogP contribution in [0, 0.1) is 5.82 Å². The summed E-state index contributed by atoms with van der Waals surface area (Å²) >= 11 is 0. The van der Waals surface area contributed by atoms with Crippen molar-refractivity contribution in [1.82, 2.24) is 5.32 Å². The Bertz CT molecular complexity index is 421. The Balaban J connectivity index is 2.26. The minimum absolute atomic E-state index is 0.0982. The largest absolute Gasteiger partial charge is 0.490 e. The molecule has 1 rings (SSSR count). The van der Waals surface area contributed by atoms with Crippen LogP contribution in [0.4, 0.5) is 4.39 Å². The van der Waals surface area contributed by atoms with Gasteiger partial charge < -0.3 is 15.2 Å². The van der Waals surface area contributed by atoms with Gasteiger partial charge in [-0.25, -0.2) is 4.39 Å². The van der Waals surface area contributed by atoms with Gasteiger partial charge in [0.25, 0.3) is 0 Å². The summed E-state index contributed by atoms with van der Waals surface area (Å²) in [4.78, 5) is 11.5. The molecule has 1 aromatic rings. The first-order chi connectivity index (χ1) is 8.94. The van der Waals surface area contributed by atoms with Gasteiger partial charge in [0.2, 0.25) is 5.91 Å². The number of rotatable bonds is 7. The second kappa shape index (κ2) is 7.09. The first-order valence-corrected chi connectivity index (χ1v) is 6.31. The van der Waals surface area contributed by atoms with E-state index in [4.69, 9.17) is 4.74 Å². The third kappa shape index (κ3) is 5.70. The van der Waals surface area contributed by atoms with Crippen molar-refractivity contribution in [2.24, 2.45) is 0 Å². The minimum Gasteiger partial charge on any atom is -0.490 e. The van der Waals surface area contributed by atoms with Crippen LogP contribution in [0.2, 0.25) is 0 Å².